The van der Waals surface area contributed by atoms with Crippen molar-refractivity contribution in [3.8, 4) is 5.75 Å². The van der Waals surface area contributed by atoms with Crippen LogP contribution in [0.1, 0.15) is 48.2 Å². The van der Waals surface area contributed by atoms with E-state index in [9.17, 15) is 9.59 Å². The Morgan fingerprint density at radius 3 is 2.33 bits per heavy atom. The van der Waals surface area contributed by atoms with E-state index in [1.165, 1.54) is 0 Å². The molecule has 27 heavy (non-hydrogen) atoms. The van der Waals surface area contributed by atoms with Gasteiger partial charge in [0.15, 0.2) is 0 Å². The van der Waals surface area contributed by atoms with Gasteiger partial charge < -0.3 is 15.0 Å². The molecule has 2 rings (SSSR count). The first-order valence-corrected chi connectivity index (χ1v) is 9.15. The van der Waals surface area contributed by atoms with Gasteiger partial charge in [-0.05, 0) is 48.2 Å². The normalized spacial score (nSPS) is 10.6. The topological polar surface area (TPSA) is 58.6 Å². The number of methoxy groups -OCH3 is 1. The molecule has 0 aromatic heterocycles. The Labute approximate surface area is 161 Å². The van der Waals surface area contributed by atoms with Crippen molar-refractivity contribution in [3.63, 3.8) is 0 Å². The van der Waals surface area contributed by atoms with Crippen molar-refractivity contribution in [1.82, 2.24) is 5.32 Å². The van der Waals surface area contributed by atoms with Crippen molar-refractivity contribution in [1.29, 1.82) is 0 Å². The van der Waals surface area contributed by atoms with E-state index in [0.29, 0.717) is 30.3 Å². The van der Waals surface area contributed by atoms with Crippen LogP contribution in [0.2, 0.25) is 0 Å². The number of carbonyl (C=O) groups is 2. The molecule has 0 bridgehead atoms. The van der Waals surface area contributed by atoms with E-state index in [-0.39, 0.29) is 11.8 Å². The van der Waals surface area contributed by atoms with Crippen LogP contribution in [0.5, 0.6) is 5.75 Å². The van der Waals surface area contributed by atoms with Gasteiger partial charge in [-0.3, -0.25) is 9.59 Å². The molecule has 0 atom stereocenters. The summed E-state index contributed by atoms with van der Waals surface area (Å²) in [5.74, 6) is 0.797. The maximum atomic E-state index is 12.3. The van der Waals surface area contributed by atoms with Crippen molar-refractivity contribution in [2.24, 2.45) is 0 Å². The number of anilines is 1. The lowest BCUT2D eigenvalue weighted by Crippen LogP contribution is -2.38. The molecule has 0 saturated heterocycles. The summed E-state index contributed by atoms with van der Waals surface area (Å²) in [6, 6.07) is 13.0. The molecular formula is C22H28N2O3. The monoisotopic (exact) mass is 368 g/mol. The van der Waals surface area contributed by atoms with Crippen LogP contribution in [-0.4, -0.2) is 32.0 Å². The van der Waals surface area contributed by atoms with E-state index in [4.69, 9.17) is 4.74 Å². The number of hydrogen-bond acceptors (Lipinski definition) is 3. The predicted molar refractivity (Wildman–Crippen MR) is 109 cm³/mol. The molecule has 0 aliphatic rings. The van der Waals surface area contributed by atoms with Crippen LogP contribution in [-0.2, 0) is 4.79 Å². The number of para-hydroxylation sites is 1. The first kappa shape index (κ1) is 20.5. The van der Waals surface area contributed by atoms with E-state index in [2.05, 4.69) is 25.2 Å². The molecule has 0 spiro atoms. The molecule has 0 unspecified atom stereocenters. The Morgan fingerprint density at radius 2 is 1.78 bits per heavy atom. The molecular weight excluding hydrogens is 340 g/mol. The summed E-state index contributed by atoms with van der Waals surface area (Å²) < 4.78 is 5.10. The SMILES string of the molecule is COc1ccc(C(=O)NCCN(C(C)=O)c2c(C)cccc2C(C)C)cc1. The number of aryl methyl sites for hydroxylation is 1. The maximum Gasteiger partial charge on any atom is 0.251 e. The van der Waals surface area contributed by atoms with Gasteiger partial charge in [0.2, 0.25) is 5.91 Å². The van der Waals surface area contributed by atoms with Crippen LogP contribution < -0.4 is 15.0 Å². The van der Waals surface area contributed by atoms with Gasteiger partial charge in [0.25, 0.3) is 5.91 Å². The number of rotatable bonds is 7. The van der Waals surface area contributed by atoms with E-state index in [1.807, 2.05) is 19.1 Å². The molecule has 0 fully saturated rings. The van der Waals surface area contributed by atoms with Crippen molar-refractivity contribution >= 4 is 17.5 Å². The second-order valence-corrected chi connectivity index (χ2v) is 6.82. The van der Waals surface area contributed by atoms with Crippen molar-refractivity contribution < 1.29 is 14.3 Å². The van der Waals surface area contributed by atoms with Crippen LogP contribution in [0.4, 0.5) is 5.69 Å². The first-order chi connectivity index (χ1) is 12.8. The third-order valence-electron chi connectivity index (χ3n) is 4.51. The highest BCUT2D eigenvalue weighted by Gasteiger charge is 2.19. The van der Waals surface area contributed by atoms with Gasteiger partial charge in [-0.25, -0.2) is 0 Å². The molecule has 0 aliphatic carbocycles. The number of carbonyl (C=O) groups excluding carboxylic acids is 2. The number of ether oxygens (including phenoxy) is 1. The number of amides is 2. The summed E-state index contributed by atoms with van der Waals surface area (Å²) in [6.45, 7) is 8.58. The van der Waals surface area contributed by atoms with Gasteiger partial charge >= 0.3 is 0 Å². The Balaban J connectivity index is 2.09. The number of benzene rings is 2. The lowest BCUT2D eigenvalue weighted by atomic mass is 9.97. The average molecular weight is 368 g/mol. The van der Waals surface area contributed by atoms with Crippen LogP contribution in [0.15, 0.2) is 42.5 Å². The summed E-state index contributed by atoms with van der Waals surface area (Å²) in [7, 11) is 1.59. The fraction of sp³-hybridized carbons (Fsp3) is 0.364. The quantitative estimate of drug-likeness (QED) is 0.806. The Hall–Kier alpha value is -2.82. The van der Waals surface area contributed by atoms with Crippen LogP contribution in [0, 0.1) is 6.92 Å². The summed E-state index contributed by atoms with van der Waals surface area (Å²) >= 11 is 0. The van der Waals surface area contributed by atoms with Crippen molar-refractivity contribution in [2.45, 2.75) is 33.6 Å². The van der Waals surface area contributed by atoms with Gasteiger partial charge in [0.05, 0.1) is 12.8 Å². The average Bonchev–Trinajstić information content (AvgIpc) is 2.65. The second-order valence-electron chi connectivity index (χ2n) is 6.82. The minimum absolute atomic E-state index is 0.0371. The highest BCUT2D eigenvalue weighted by atomic mass is 16.5. The zero-order chi connectivity index (χ0) is 20.0. The maximum absolute atomic E-state index is 12.3. The third-order valence-corrected chi connectivity index (χ3v) is 4.51. The van der Waals surface area contributed by atoms with E-state index >= 15 is 0 Å². The smallest absolute Gasteiger partial charge is 0.251 e. The standard InChI is InChI=1S/C22H28N2O3/c1-15(2)20-8-6-7-16(3)21(20)24(17(4)25)14-13-23-22(26)18-9-11-19(27-5)12-10-18/h6-12,15H,13-14H2,1-5H3,(H,23,26). The first-order valence-electron chi connectivity index (χ1n) is 9.15. The van der Waals surface area contributed by atoms with Crippen molar-refractivity contribution in [3.05, 3.63) is 59.2 Å². The summed E-state index contributed by atoms with van der Waals surface area (Å²) in [5.41, 5.74) is 3.69. The summed E-state index contributed by atoms with van der Waals surface area (Å²) in [4.78, 5) is 26.4. The Morgan fingerprint density at radius 1 is 1.11 bits per heavy atom. The molecule has 5 nitrogen and oxygen atoms in total. The van der Waals surface area contributed by atoms with Crippen LogP contribution >= 0.6 is 0 Å². The van der Waals surface area contributed by atoms with Crippen LogP contribution in [0.25, 0.3) is 0 Å². The lowest BCUT2D eigenvalue weighted by Gasteiger charge is -2.27. The highest BCUT2D eigenvalue weighted by Crippen LogP contribution is 2.30. The molecule has 5 heteroatoms. The molecule has 0 aliphatic heterocycles. The zero-order valence-electron chi connectivity index (χ0n) is 16.7. The van der Waals surface area contributed by atoms with Crippen molar-refractivity contribution in [2.75, 3.05) is 25.1 Å². The van der Waals surface area contributed by atoms with Gasteiger partial charge in [0, 0.05) is 25.6 Å². The molecule has 144 valence electrons. The number of nitrogens with one attached hydrogen (secondary N) is 1. The van der Waals surface area contributed by atoms with E-state index in [0.717, 1.165) is 16.8 Å². The molecule has 1 N–H and O–H groups in total. The van der Waals surface area contributed by atoms with Gasteiger partial charge in [-0.1, -0.05) is 32.0 Å². The Kier molecular flexibility index (Phi) is 6.99. The van der Waals surface area contributed by atoms with E-state index in [1.54, 1.807) is 43.2 Å². The predicted octanol–water partition coefficient (Wildman–Crippen LogP) is 3.91. The van der Waals surface area contributed by atoms with E-state index < -0.39 is 0 Å². The zero-order valence-corrected chi connectivity index (χ0v) is 16.7. The number of hydrogen-bond donors (Lipinski definition) is 1. The molecule has 0 radical (unpaired) electrons. The molecule has 2 amide bonds. The van der Waals surface area contributed by atoms with Gasteiger partial charge in [-0.15, -0.1) is 0 Å². The lowest BCUT2D eigenvalue weighted by molar-refractivity contribution is -0.116. The second kappa shape index (κ2) is 9.21. The fourth-order valence-corrected chi connectivity index (χ4v) is 3.07. The molecule has 2 aromatic carbocycles. The van der Waals surface area contributed by atoms with Gasteiger partial charge in [-0.2, -0.15) is 0 Å². The fourth-order valence-electron chi connectivity index (χ4n) is 3.07. The minimum atomic E-state index is -0.171. The van der Waals surface area contributed by atoms with Crippen LogP contribution in [0.3, 0.4) is 0 Å². The molecule has 2 aromatic rings. The van der Waals surface area contributed by atoms with Gasteiger partial charge in [0.1, 0.15) is 5.75 Å². The molecule has 0 saturated carbocycles. The Bertz CT molecular complexity index is 798. The third kappa shape index (κ3) is 5.09. The number of nitrogens with zero attached hydrogens (tertiary/aromatic N) is 1. The molecule has 0 heterocycles. The largest absolute Gasteiger partial charge is 0.497 e. The minimum Gasteiger partial charge on any atom is -0.497 e. The highest BCUT2D eigenvalue weighted by molar-refractivity contribution is 5.95. The summed E-state index contributed by atoms with van der Waals surface area (Å²) in [5, 5.41) is 2.89. The summed E-state index contributed by atoms with van der Waals surface area (Å²) in [6.07, 6.45) is 0.